The number of urea groups is 1. The van der Waals surface area contributed by atoms with Gasteiger partial charge in [0, 0.05) is 92.4 Å². The highest BCUT2D eigenvalue weighted by Crippen LogP contribution is 2.55. The van der Waals surface area contributed by atoms with Crippen molar-refractivity contribution in [3.63, 3.8) is 0 Å². The molecule has 57 heavy (non-hydrogen) atoms. The highest BCUT2D eigenvalue weighted by Gasteiger charge is 2.64. The number of likely N-dealkylation sites (tertiary alicyclic amines) is 1. The van der Waals surface area contributed by atoms with Crippen LogP contribution in [0.3, 0.4) is 0 Å². The third kappa shape index (κ3) is 7.36. The summed E-state index contributed by atoms with van der Waals surface area (Å²) in [5.74, 6) is 0.644. The Morgan fingerprint density at radius 1 is 0.982 bits per heavy atom. The molecule has 4 aliphatic rings. The number of rotatable bonds is 9. The maximum absolute atomic E-state index is 13.4. The molecule has 3 aliphatic heterocycles. The maximum atomic E-state index is 13.4. The van der Waals surface area contributed by atoms with E-state index in [0.717, 1.165) is 80.8 Å². The minimum absolute atomic E-state index is 0.132. The summed E-state index contributed by atoms with van der Waals surface area (Å²) >= 11 is 6.18. The first-order valence-corrected chi connectivity index (χ1v) is 20.1. The van der Waals surface area contributed by atoms with Crippen molar-refractivity contribution in [3.8, 4) is 11.8 Å². The predicted octanol–water partition coefficient (Wildman–Crippen LogP) is 5.36. The number of fused-ring (bicyclic) bond motifs is 1. The minimum Gasteiger partial charge on any atom is -0.487 e. The number of hydrogen-bond acceptors (Lipinski definition) is 11. The highest BCUT2D eigenvalue weighted by atomic mass is 35.5. The molecular weight excluding hydrogens is 746 g/mol. The second-order valence-electron chi connectivity index (χ2n) is 16.9. The van der Waals surface area contributed by atoms with Gasteiger partial charge in [-0.05, 0) is 43.7 Å². The van der Waals surface area contributed by atoms with Gasteiger partial charge < -0.3 is 24.4 Å². The number of imide groups is 1. The van der Waals surface area contributed by atoms with E-state index in [1.165, 1.54) is 6.20 Å². The fourth-order valence-corrected chi connectivity index (χ4v) is 9.99. The van der Waals surface area contributed by atoms with E-state index >= 15 is 0 Å². The lowest BCUT2D eigenvalue weighted by Crippen LogP contribution is -2.74. The number of carbonyl (C=O) groups excluding carboxylic acids is 3. The third-order valence-corrected chi connectivity index (χ3v) is 12.8. The number of aromatic nitrogens is 5. The normalized spacial score (nSPS) is 22.8. The van der Waals surface area contributed by atoms with Gasteiger partial charge in [0.2, 0.25) is 11.7 Å². The number of nitrogens with one attached hydrogen (secondary N) is 2. The van der Waals surface area contributed by atoms with E-state index in [1.54, 1.807) is 29.6 Å². The summed E-state index contributed by atoms with van der Waals surface area (Å²) < 4.78 is 8.56. The molecule has 0 bridgehead atoms. The van der Waals surface area contributed by atoms with Crippen molar-refractivity contribution in [1.82, 2.24) is 40.0 Å². The number of hydrogen-bond donors (Lipinski definition) is 2. The van der Waals surface area contributed by atoms with Gasteiger partial charge in [0.15, 0.2) is 5.69 Å². The average molecular weight is 794 g/mol. The fourth-order valence-electron chi connectivity index (χ4n) is 9.79. The predicted molar refractivity (Wildman–Crippen MR) is 214 cm³/mol. The van der Waals surface area contributed by atoms with Crippen molar-refractivity contribution in [1.29, 1.82) is 5.26 Å². The van der Waals surface area contributed by atoms with Crippen molar-refractivity contribution < 1.29 is 19.1 Å². The number of amides is 4. The molecular formula is C41H48ClN11O4. The van der Waals surface area contributed by atoms with Crippen molar-refractivity contribution in [3.05, 3.63) is 65.7 Å². The molecule has 298 valence electrons. The zero-order valence-electron chi connectivity index (χ0n) is 32.7. The van der Waals surface area contributed by atoms with Crippen LogP contribution < -0.4 is 25.2 Å². The van der Waals surface area contributed by atoms with Crippen LogP contribution in [0, 0.1) is 28.1 Å². The first-order chi connectivity index (χ1) is 27.3. The Labute approximate surface area is 336 Å². The molecule has 4 amide bonds. The maximum Gasteiger partial charge on any atom is 0.328 e. The molecule has 0 spiro atoms. The lowest BCUT2D eigenvalue weighted by atomic mass is 9.49. The first-order valence-electron chi connectivity index (χ1n) is 19.7. The van der Waals surface area contributed by atoms with Crippen LogP contribution in [0.2, 0.25) is 5.02 Å². The van der Waals surface area contributed by atoms with Crippen molar-refractivity contribution >= 4 is 51.9 Å². The van der Waals surface area contributed by atoms with Gasteiger partial charge in [0.1, 0.15) is 23.6 Å². The van der Waals surface area contributed by atoms with E-state index in [-0.39, 0.29) is 53.0 Å². The molecule has 0 aromatic carbocycles. The summed E-state index contributed by atoms with van der Waals surface area (Å²) in [6, 6.07) is 7.18. The molecule has 7 heterocycles. The molecule has 1 saturated carbocycles. The number of halogens is 1. The number of pyridine rings is 2. The second-order valence-corrected chi connectivity index (χ2v) is 17.3. The Kier molecular flexibility index (Phi) is 10.3. The van der Waals surface area contributed by atoms with E-state index in [9.17, 15) is 14.4 Å². The van der Waals surface area contributed by atoms with Crippen LogP contribution in [-0.2, 0) is 4.79 Å². The average Bonchev–Trinajstić information content (AvgIpc) is 3.64. The SMILES string of the molecule is CC1(C)C(NC(=O)c2ncc(N3CCC(CN4CCC(n5ccc6c(N7CCC(=O)NC7=O)ccnc65)CC4)CC3)cn2)C(C)(C)C1Oc1cnc(C#N)c(Cl)c1. The summed E-state index contributed by atoms with van der Waals surface area (Å²) in [6.07, 6.45) is 13.1. The molecule has 4 aromatic heterocycles. The molecule has 15 nitrogen and oxygen atoms in total. The minimum atomic E-state index is -0.418. The van der Waals surface area contributed by atoms with E-state index in [2.05, 4.69) is 46.1 Å². The monoisotopic (exact) mass is 793 g/mol. The Hall–Kier alpha value is -5.33. The molecule has 16 heteroatoms. The van der Waals surface area contributed by atoms with Gasteiger partial charge in [0.25, 0.3) is 5.91 Å². The number of piperidine rings is 2. The van der Waals surface area contributed by atoms with Crippen LogP contribution in [0.4, 0.5) is 16.2 Å². The van der Waals surface area contributed by atoms with E-state index in [0.29, 0.717) is 24.3 Å². The Morgan fingerprint density at radius 2 is 1.70 bits per heavy atom. The zero-order valence-corrected chi connectivity index (χ0v) is 33.5. The molecule has 0 radical (unpaired) electrons. The molecule has 8 rings (SSSR count). The lowest BCUT2D eigenvalue weighted by molar-refractivity contribution is -0.164. The number of nitrogens with zero attached hydrogens (tertiary/aromatic N) is 9. The molecule has 4 aromatic rings. The van der Waals surface area contributed by atoms with E-state index < -0.39 is 10.8 Å². The number of nitriles is 1. The van der Waals surface area contributed by atoms with Crippen molar-refractivity contribution in [2.45, 2.75) is 78.0 Å². The lowest BCUT2D eigenvalue weighted by Gasteiger charge is -2.62. The summed E-state index contributed by atoms with van der Waals surface area (Å²) in [7, 11) is 0. The number of anilines is 2. The molecule has 0 atom stereocenters. The van der Waals surface area contributed by atoms with E-state index in [1.807, 2.05) is 45.9 Å². The highest BCUT2D eigenvalue weighted by molar-refractivity contribution is 6.31. The number of carbonyl (C=O) groups is 3. The van der Waals surface area contributed by atoms with Crippen LogP contribution in [-0.4, -0.2) is 98.7 Å². The Balaban J connectivity index is 0.800. The molecule has 3 saturated heterocycles. The largest absolute Gasteiger partial charge is 0.487 e. The standard InChI is InChI=1S/C41H48ClN11O4/c1-40(2)37(41(3,4)38(40)57-28-19-30(42)31(20-43)45-23-28)49-36(55)34-46-21-27(22-47-34)51-15-6-25(7-16-51)24-50-13-8-26(9-14-50)52-17-10-29-32(5-12-44-35(29)52)53-18-11-33(54)48-39(53)56/h5,10,12,17,19,21-23,25-26,37-38H,6-9,11,13-16,18,24H2,1-4H3,(H,49,55)(H,48,54,56). The van der Waals surface area contributed by atoms with Gasteiger partial charge in [-0.1, -0.05) is 39.3 Å². The molecule has 4 fully saturated rings. The first kappa shape index (κ1) is 38.5. The molecule has 0 unspecified atom stereocenters. The summed E-state index contributed by atoms with van der Waals surface area (Å²) in [5, 5.41) is 15.9. The summed E-state index contributed by atoms with van der Waals surface area (Å²) in [5.41, 5.74) is 1.88. The quantitative estimate of drug-likeness (QED) is 0.223. The molecule has 2 N–H and O–H groups in total. The van der Waals surface area contributed by atoms with Crippen molar-refractivity contribution in [2.75, 3.05) is 49.1 Å². The van der Waals surface area contributed by atoms with Crippen molar-refractivity contribution in [2.24, 2.45) is 16.7 Å². The van der Waals surface area contributed by atoms with Crippen LogP contribution >= 0.6 is 11.6 Å². The molecule has 1 aliphatic carbocycles. The van der Waals surface area contributed by atoms with Gasteiger partial charge in [-0.3, -0.25) is 19.8 Å². The summed E-state index contributed by atoms with van der Waals surface area (Å²) in [6.45, 7) is 13.5. The smallest absolute Gasteiger partial charge is 0.328 e. The topological polar surface area (TPSA) is 174 Å². The van der Waals surface area contributed by atoms with Gasteiger partial charge in [-0.15, -0.1) is 0 Å². The second kappa shape index (κ2) is 15.2. The summed E-state index contributed by atoms with van der Waals surface area (Å²) in [4.78, 5) is 61.9. The van der Waals surface area contributed by atoms with E-state index in [4.69, 9.17) is 26.6 Å². The van der Waals surface area contributed by atoms with Gasteiger partial charge in [-0.2, -0.15) is 5.26 Å². The third-order valence-electron chi connectivity index (χ3n) is 12.5. The van der Waals surface area contributed by atoms with Crippen LogP contribution in [0.15, 0.2) is 49.2 Å². The van der Waals surface area contributed by atoms with Crippen LogP contribution in [0.5, 0.6) is 5.75 Å². The zero-order chi connectivity index (χ0) is 40.1. The fraction of sp³-hybridized carbons (Fsp3) is 0.512. The number of ether oxygens (including phenoxy) is 1. The Bertz CT molecular complexity index is 2200. The van der Waals surface area contributed by atoms with Crippen LogP contribution in [0.25, 0.3) is 11.0 Å². The van der Waals surface area contributed by atoms with Crippen LogP contribution in [0.1, 0.15) is 82.2 Å². The van der Waals surface area contributed by atoms with Gasteiger partial charge in [-0.25, -0.2) is 24.7 Å². The Morgan fingerprint density at radius 3 is 2.37 bits per heavy atom. The van der Waals surface area contributed by atoms with Gasteiger partial charge in [0.05, 0.1) is 35.0 Å². The van der Waals surface area contributed by atoms with Gasteiger partial charge >= 0.3 is 6.03 Å².